The van der Waals surface area contributed by atoms with Crippen molar-refractivity contribution in [2.45, 2.75) is 0 Å². The van der Waals surface area contributed by atoms with Gasteiger partial charge in [-0.25, -0.2) is 5.48 Å². The standard InChI is InChI=1S/C16H14N2O3/c1-20-12-4-6-13-11(7-12)9-17-15-8-10(3-5-14(13)15)16(19)18-21-2/h3-9H,1-2H3,(H,18,19). The summed E-state index contributed by atoms with van der Waals surface area (Å²) in [6.07, 6.45) is 1.78. The van der Waals surface area contributed by atoms with E-state index in [4.69, 9.17) is 4.74 Å². The minimum absolute atomic E-state index is 0.295. The van der Waals surface area contributed by atoms with Crippen LogP contribution in [-0.4, -0.2) is 25.1 Å². The number of carbonyl (C=O) groups excluding carboxylic acids is 1. The highest BCUT2D eigenvalue weighted by molar-refractivity contribution is 6.07. The first kappa shape index (κ1) is 13.3. The Labute approximate surface area is 121 Å². The molecule has 0 bridgehead atoms. The van der Waals surface area contributed by atoms with Gasteiger partial charge in [-0.05, 0) is 35.7 Å². The number of hydroxylamine groups is 1. The molecule has 2 aromatic carbocycles. The Balaban J connectivity index is 2.16. The van der Waals surface area contributed by atoms with E-state index < -0.39 is 0 Å². The minimum Gasteiger partial charge on any atom is -0.497 e. The molecule has 5 nitrogen and oxygen atoms in total. The first-order valence-corrected chi connectivity index (χ1v) is 6.43. The largest absolute Gasteiger partial charge is 0.497 e. The lowest BCUT2D eigenvalue weighted by atomic mass is 10.0. The van der Waals surface area contributed by atoms with Crippen molar-refractivity contribution in [3.8, 4) is 5.75 Å². The van der Waals surface area contributed by atoms with Crippen molar-refractivity contribution in [2.75, 3.05) is 14.2 Å². The van der Waals surface area contributed by atoms with Gasteiger partial charge in [0.25, 0.3) is 5.91 Å². The first-order chi connectivity index (χ1) is 10.2. The average molecular weight is 282 g/mol. The van der Waals surface area contributed by atoms with Gasteiger partial charge in [-0.1, -0.05) is 6.07 Å². The summed E-state index contributed by atoms with van der Waals surface area (Å²) in [6, 6.07) is 11.2. The van der Waals surface area contributed by atoms with Gasteiger partial charge < -0.3 is 4.74 Å². The van der Waals surface area contributed by atoms with Crippen LogP contribution in [0, 0.1) is 0 Å². The van der Waals surface area contributed by atoms with Crippen LogP contribution in [0.1, 0.15) is 10.4 Å². The number of nitrogens with one attached hydrogen (secondary N) is 1. The van der Waals surface area contributed by atoms with Gasteiger partial charge in [0.05, 0.1) is 19.7 Å². The summed E-state index contributed by atoms with van der Waals surface area (Å²) in [5.74, 6) is 0.496. The Morgan fingerprint density at radius 3 is 2.67 bits per heavy atom. The van der Waals surface area contributed by atoms with Gasteiger partial charge in [0.2, 0.25) is 0 Å². The van der Waals surface area contributed by atoms with Crippen LogP contribution in [0.2, 0.25) is 0 Å². The first-order valence-electron chi connectivity index (χ1n) is 6.43. The van der Waals surface area contributed by atoms with Gasteiger partial charge in [-0.3, -0.25) is 14.6 Å². The molecule has 0 radical (unpaired) electrons. The van der Waals surface area contributed by atoms with Crippen LogP contribution in [-0.2, 0) is 4.84 Å². The number of pyridine rings is 1. The third-order valence-corrected chi connectivity index (χ3v) is 3.35. The normalized spacial score (nSPS) is 10.8. The molecule has 1 amide bonds. The Kier molecular flexibility index (Phi) is 3.41. The third kappa shape index (κ3) is 2.39. The van der Waals surface area contributed by atoms with E-state index in [-0.39, 0.29) is 5.91 Å². The molecule has 0 fully saturated rings. The van der Waals surface area contributed by atoms with E-state index in [1.54, 1.807) is 25.4 Å². The fourth-order valence-corrected chi connectivity index (χ4v) is 2.32. The summed E-state index contributed by atoms with van der Waals surface area (Å²) < 4.78 is 5.22. The summed E-state index contributed by atoms with van der Waals surface area (Å²) in [7, 11) is 3.04. The molecule has 0 saturated carbocycles. The molecular weight excluding hydrogens is 268 g/mol. The second-order valence-electron chi connectivity index (χ2n) is 4.58. The van der Waals surface area contributed by atoms with E-state index in [0.717, 1.165) is 27.4 Å². The molecule has 106 valence electrons. The highest BCUT2D eigenvalue weighted by Gasteiger charge is 2.08. The Morgan fingerprint density at radius 2 is 1.90 bits per heavy atom. The zero-order valence-electron chi connectivity index (χ0n) is 11.7. The van der Waals surface area contributed by atoms with Gasteiger partial charge >= 0.3 is 0 Å². The van der Waals surface area contributed by atoms with Gasteiger partial charge in [0.15, 0.2) is 0 Å². The van der Waals surface area contributed by atoms with Crippen molar-refractivity contribution < 1.29 is 14.4 Å². The molecule has 5 heteroatoms. The van der Waals surface area contributed by atoms with Crippen molar-refractivity contribution in [3.05, 3.63) is 48.2 Å². The van der Waals surface area contributed by atoms with Crippen molar-refractivity contribution in [2.24, 2.45) is 0 Å². The highest BCUT2D eigenvalue weighted by Crippen LogP contribution is 2.27. The molecule has 0 aliphatic heterocycles. The molecule has 1 aromatic heterocycles. The number of ether oxygens (including phenoxy) is 1. The predicted octanol–water partition coefficient (Wildman–Crippen LogP) is 2.69. The minimum atomic E-state index is -0.295. The molecule has 0 saturated heterocycles. The highest BCUT2D eigenvalue weighted by atomic mass is 16.6. The molecule has 3 aromatic rings. The summed E-state index contributed by atoms with van der Waals surface area (Å²) in [6.45, 7) is 0. The monoisotopic (exact) mass is 282 g/mol. The summed E-state index contributed by atoms with van der Waals surface area (Å²) >= 11 is 0. The van der Waals surface area contributed by atoms with Crippen LogP contribution in [0.25, 0.3) is 21.7 Å². The van der Waals surface area contributed by atoms with Crippen LogP contribution in [0.3, 0.4) is 0 Å². The molecule has 21 heavy (non-hydrogen) atoms. The molecule has 0 aliphatic carbocycles. The van der Waals surface area contributed by atoms with Crippen molar-refractivity contribution >= 4 is 27.6 Å². The summed E-state index contributed by atoms with van der Waals surface area (Å²) in [5.41, 5.74) is 3.56. The molecule has 1 heterocycles. The maximum Gasteiger partial charge on any atom is 0.274 e. The van der Waals surface area contributed by atoms with Crippen LogP contribution in [0.4, 0.5) is 0 Å². The quantitative estimate of drug-likeness (QED) is 0.592. The molecule has 0 spiro atoms. The average Bonchev–Trinajstić information content (AvgIpc) is 2.53. The van der Waals surface area contributed by atoms with E-state index in [0.29, 0.717) is 5.56 Å². The predicted molar refractivity (Wildman–Crippen MR) is 80.3 cm³/mol. The topological polar surface area (TPSA) is 60.5 Å². The number of fused-ring (bicyclic) bond motifs is 3. The van der Waals surface area contributed by atoms with Crippen LogP contribution >= 0.6 is 0 Å². The maximum atomic E-state index is 11.8. The number of benzene rings is 2. The van der Waals surface area contributed by atoms with Gasteiger partial charge in [0, 0.05) is 22.5 Å². The number of carbonyl (C=O) groups is 1. The lowest BCUT2D eigenvalue weighted by molar-refractivity contribution is 0.0538. The zero-order chi connectivity index (χ0) is 14.8. The van der Waals surface area contributed by atoms with Crippen molar-refractivity contribution in [3.63, 3.8) is 0 Å². The molecule has 0 unspecified atom stereocenters. The lowest BCUT2D eigenvalue weighted by Crippen LogP contribution is -2.21. The maximum absolute atomic E-state index is 11.8. The number of nitrogens with zero attached hydrogens (tertiary/aromatic N) is 1. The Morgan fingerprint density at radius 1 is 1.10 bits per heavy atom. The van der Waals surface area contributed by atoms with E-state index in [1.165, 1.54) is 7.11 Å². The van der Waals surface area contributed by atoms with E-state index in [2.05, 4.69) is 15.3 Å². The van der Waals surface area contributed by atoms with Crippen molar-refractivity contribution in [1.82, 2.24) is 10.5 Å². The lowest BCUT2D eigenvalue weighted by Gasteiger charge is -2.07. The number of rotatable bonds is 3. The number of hydrogen-bond donors (Lipinski definition) is 1. The number of methoxy groups -OCH3 is 1. The zero-order valence-corrected chi connectivity index (χ0v) is 11.7. The van der Waals surface area contributed by atoms with Gasteiger partial charge in [0.1, 0.15) is 5.75 Å². The van der Waals surface area contributed by atoms with Gasteiger partial charge in [-0.2, -0.15) is 0 Å². The van der Waals surface area contributed by atoms with Gasteiger partial charge in [-0.15, -0.1) is 0 Å². The number of hydrogen-bond acceptors (Lipinski definition) is 4. The molecule has 3 rings (SSSR count). The molecule has 0 atom stereocenters. The molecule has 1 N–H and O–H groups in total. The van der Waals surface area contributed by atoms with Crippen molar-refractivity contribution in [1.29, 1.82) is 0 Å². The second kappa shape index (κ2) is 5.38. The Hall–Kier alpha value is -2.66. The van der Waals surface area contributed by atoms with Crippen LogP contribution in [0.5, 0.6) is 5.75 Å². The summed E-state index contributed by atoms with van der Waals surface area (Å²) in [5, 5.41) is 3.06. The molecule has 0 aliphatic rings. The van der Waals surface area contributed by atoms with E-state index in [9.17, 15) is 4.79 Å². The summed E-state index contributed by atoms with van der Waals surface area (Å²) in [4.78, 5) is 20.8. The van der Waals surface area contributed by atoms with Crippen LogP contribution in [0.15, 0.2) is 42.6 Å². The second-order valence-corrected chi connectivity index (χ2v) is 4.58. The van der Waals surface area contributed by atoms with Crippen LogP contribution < -0.4 is 10.2 Å². The Bertz CT molecular complexity index is 830. The number of aromatic nitrogens is 1. The van der Waals surface area contributed by atoms with E-state index in [1.807, 2.05) is 24.3 Å². The third-order valence-electron chi connectivity index (χ3n) is 3.35. The molecular formula is C16H14N2O3. The number of amides is 1. The fraction of sp³-hybridized carbons (Fsp3) is 0.125. The smallest absolute Gasteiger partial charge is 0.274 e. The van der Waals surface area contributed by atoms with E-state index >= 15 is 0 Å². The fourth-order valence-electron chi connectivity index (χ4n) is 2.32. The SMILES string of the molecule is CONC(=O)c1ccc2c(c1)ncc1cc(OC)ccc12.